The molecule has 0 aliphatic carbocycles. The van der Waals surface area contributed by atoms with E-state index in [4.69, 9.17) is 15.2 Å². The summed E-state index contributed by atoms with van der Waals surface area (Å²) in [6.45, 7) is 8.04. The van der Waals surface area contributed by atoms with Gasteiger partial charge in [0.05, 0.1) is 12.3 Å². The molecular weight excluding hydrogens is 662 g/mol. The molecule has 0 atom stereocenters. The van der Waals surface area contributed by atoms with Crippen LogP contribution in [-0.4, -0.2) is 30.9 Å². The quantitative estimate of drug-likeness (QED) is 0.204. The van der Waals surface area contributed by atoms with Crippen molar-refractivity contribution in [3.8, 4) is 28.6 Å². The average molecular weight is 691 g/mol. The second kappa shape index (κ2) is 12.4. The number of pyridine rings is 2. The van der Waals surface area contributed by atoms with Gasteiger partial charge in [-0.15, -0.1) is 0 Å². The number of nitrogens with zero attached hydrogens (tertiary/aromatic N) is 2. The minimum Gasteiger partial charge on any atom is -0.493 e. The summed E-state index contributed by atoms with van der Waals surface area (Å²) in [5.41, 5.74) is 7.68. The third kappa shape index (κ3) is 7.50. The molecule has 3 N–H and O–H groups in total. The van der Waals surface area contributed by atoms with Crippen LogP contribution in [0.15, 0.2) is 65.7 Å². The van der Waals surface area contributed by atoms with Gasteiger partial charge >= 0.3 is 0 Å². The summed E-state index contributed by atoms with van der Waals surface area (Å²) >= 11 is 2.18. The van der Waals surface area contributed by atoms with E-state index in [0.29, 0.717) is 23.7 Å². The number of benzene rings is 2. The number of carbonyl (C=O) groups is 1. The molecule has 0 saturated carbocycles. The van der Waals surface area contributed by atoms with Crippen LogP contribution in [0.25, 0.3) is 11.3 Å². The third-order valence-corrected chi connectivity index (χ3v) is 7.58. The van der Waals surface area contributed by atoms with E-state index < -0.39 is 26.8 Å². The zero-order chi connectivity index (χ0) is 29.9. The van der Waals surface area contributed by atoms with E-state index >= 15 is 0 Å². The van der Waals surface area contributed by atoms with Crippen molar-refractivity contribution in [1.82, 2.24) is 14.7 Å². The van der Waals surface area contributed by atoms with Crippen LogP contribution in [0.5, 0.6) is 17.4 Å². The van der Waals surface area contributed by atoms with Crippen molar-refractivity contribution >= 4 is 44.3 Å². The van der Waals surface area contributed by atoms with Gasteiger partial charge in [0.25, 0.3) is 15.9 Å². The number of aryl methyl sites for hydroxylation is 2. The lowest BCUT2D eigenvalue weighted by molar-refractivity contribution is 0.0978. The van der Waals surface area contributed by atoms with Gasteiger partial charge in [0.2, 0.25) is 5.88 Å². The predicted molar refractivity (Wildman–Crippen MR) is 162 cm³/mol. The summed E-state index contributed by atoms with van der Waals surface area (Å²) in [6.07, 6.45) is 0. The number of nitrogens with one attached hydrogen (secondary N) is 1. The Morgan fingerprint density at radius 2 is 1.76 bits per heavy atom. The fourth-order valence-electron chi connectivity index (χ4n) is 3.87. The molecule has 0 radical (unpaired) electrons. The van der Waals surface area contributed by atoms with E-state index in [-0.39, 0.29) is 28.9 Å². The summed E-state index contributed by atoms with van der Waals surface area (Å²) in [5, 5.41) is -0.420. The number of nitrogen functional groups attached to an aromatic ring is 1. The highest BCUT2D eigenvalue weighted by molar-refractivity contribution is 14.1. The van der Waals surface area contributed by atoms with Crippen molar-refractivity contribution in [3.05, 3.63) is 86.7 Å². The first-order chi connectivity index (χ1) is 19.3. The number of hydrogen-bond acceptors (Lipinski definition) is 8. The lowest BCUT2D eigenvalue weighted by Crippen LogP contribution is -2.31. The van der Waals surface area contributed by atoms with Crippen molar-refractivity contribution in [3.63, 3.8) is 0 Å². The molecule has 0 spiro atoms. The fraction of sp³-hybridized carbons (Fsp3) is 0.207. The Bertz CT molecular complexity index is 1710. The average Bonchev–Trinajstić information content (AvgIpc) is 2.89. The predicted octanol–water partition coefficient (Wildman–Crippen LogP) is 6.03. The highest BCUT2D eigenvalue weighted by atomic mass is 127. The van der Waals surface area contributed by atoms with Gasteiger partial charge in [-0.05, 0) is 102 Å². The Kier molecular flexibility index (Phi) is 9.12. The summed E-state index contributed by atoms with van der Waals surface area (Å²) < 4.78 is 55.1. The zero-order valence-corrected chi connectivity index (χ0v) is 25.7. The maximum atomic E-state index is 14.5. The number of nitrogens with two attached hydrogens (primary N) is 1. The second-order valence-corrected chi connectivity index (χ2v) is 12.6. The van der Waals surface area contributed by atoms with Crippen molar-refractivity contribution in [2.45, 2.75) is 32.7 Å². The van der Waals surface area contributed by atoms with Gasteiger partial charge in [-0.2, -0.15) is 8.42 Å². The Hall–Kier alpha value is -3.78. The molecule has 0 aliphatic rings. The molecule has 0 bridgehead atoms. The van der Waals surface area contributed by atoms with E-state index in [9.17, 15) is 17.6 Å². The minimum atomic E-state index is -4.37. The van der Waals surface area contributed by atoms with Crippen LogP contribution in [0, 0.1) is 29.2 Å². The van der Waals surface area contributed by atoms with Crippen LogP contribution >= 0.6 is 22.6 Å². The van der Waals surface area contributed by atoms with Crippen molar-refractivity contribution in [2.24, 2.45) is 5.92 Å². The maximum absolute atomic E-state index is 14.5. The molecule has 0 saturated heterocycles. The lowest BCUT2D eigenvalue weighted by atomic mass is 10.1. The number of amides is 1. The number of carbonyl (C=O) groups excluding carboxylic acids is 1. The van der Waals surface area contributed by atoms with Crippen LogP contribution in [0.4, 0.5) is 10.2 Å². The zero-order valence-electron chi connectivity index (χ0n) is 22.7. The van der Waals surface area contributed by atoms with Crippen LogP contribution in [0.2, 0.25) is 0 Å². The lowest BCUT2D eigenvalue weighted by Gasteiger charge is -2.16. The molecule has 214 valence electrons. The topological polar surface area (TPSA) is 134 Å². The van der Waals surface area contributed by atoms with Crippen LogP contribution in [-0.2, 0) is 10.0 Å². The first kappa shape index (κ1) is 30.2. The Morgan fingerprint density at radius 3 is 2.41 bits per heavy atom. The van der Waals surface area contributed by atoms with Gasteiger partial charge in [0, 0.05) is 15.2 Å². The number of halogens is 2. The second-order valence-electron chi connectivity index (χ2n) is 9.74. The van der Waals surface area contributed by atoms with Crippen molar-refractivity contribution in [2.75, 3.05) is 12.3 Å². The van der Waals surface area contributed by atoms with Gasteiger partial charge < -0.3 is 15.2 Å². The monoisotopic (exact) mass is 690 g/mol. The number of aromatic nitrogens is 2. The van der Waals surface area contributed by atoms with E-state index in [1.165, 1.54) is 42.5 Å². The molecule has 0 unspecified atom stereocenters. The van der Waals surface area contributed by atoms with E-state index in [2.05, 4.69) is 32.6 Å². The maximum Gasteiger partial charge on any atom is 0.281 e. The Labute approximate surface area is 251 Å². The molecule has 41 heavy (non-hydrogen) atoms. The number of rotatable bonds is 9. The third-order valence-electron chi connectivity index (χ3n) is 5.73. The number of hydrogen-bond donors (Lipinski definition) is 2. The van der Waals surface area contributed by atoms with Gasteiger partial charge in [-0.25, -0.2) is 19.1 Å². The molecule has 4 rings (SSSR count). The fourth-order valence-corrected chi connectivity index (χ4v) is 5.75. The van der Waals surface area contributed by atoms with Crippen LogP contribution in [0.1, 0.15) is 35.3 Å². The highest BCUT2D eigenvalue weighted by Gasteiger charge is 2.25. The normalized spacial score (nSPS) is 11.4. The van der Waals surface area contributed by atoms with Gasteiger partial charge in [0.15, 0.2) is 5.03 Å². The summed E-state index contributed by atoms with van der Waals surface area (Å²) in [5.74, 6) is -0.711. The molecule has 9 nitrogen and oxygen atoms in total. The number of anilines is 1. The Morgan fingerprint density at radius 1 is 1.05 bits per heavy atom. The minimum absolute atomic E-state index is 0.0214. The standard InChI is InChI=1S/C29H28FIN4O5S/c1-16(2)15-39-22-13-19(12-20(30)14-22)24-9-8-23(28(36)35-41(37,38)26-7-5-6-25(32)34-26)29(33-24)40-27-17(3)10-21(31)11-18(27)4/h5-14,16H,15H2,1-4H3,(H2,32,34)(H,35,36). The molecule has 1 amide bonds. The molecule has 2 aromatic carbocycles. The molecule has 0 aliphatic heterocycles. The van der Waals surface area contributed by atoms with Crippen LogP contribution in [0.3, 0.4) is 0 Å². The van der Waals surface area contributed by atoms with E-state index in [1.54, 1.807) is 6.07 Å². The van der Waals surface area contributed by atoms with Crippen molar-refractivity contribution < 1.29 is 27.1 Å². The summed E-state index contributed by atoms with van der Waals surface area (Å²) in [7, 11) is -4.37. The van der Waals surface area contributed by atoms with Crippen molar-refractivity contribution in [1.29, 1.82) is 0 Å². The van der Waals surface area contributed by atoms with E-state index in [0.717, 1.165) is 14.7 Å². The van der Waals surface area contributed by atoms with Gasteiger partial charge in [-0.1, -0.05) is 19.9 Å². The highest BCUT2D eigenvalue weighted by Crippen LogP contribution is 2.34. The largest absolute Gasteiger partial charge is 0.493 e. The van der Waals surface area contributed by atoms with Crippen LogP contribution < -0.4 is 19.9 Å². The first-order valence-electron chi connectivity index (χ1n) is 12.5. The smallest absolute Gasteiger partial charge is 0.281 e. The molecule has 0 fully saturated rings. The van der Waals surface area contributed by atoms with Gasteiger partial charge in [-0.3, -0.25) is 4.79 Å². The molecular formula is C29H28FIN4O5S. The summed E-state index contributed by atoms with van der Waals surface area (Å²) in [4.78, 5) is 21.6. The molecule has 12 heteroatoms. The Balaban J connectivity index is 1.78. The first-order valence-corrected chi connectivity index (χ1v) is 15.1. The molecule has 2 heterocycles. The molecule has 4 aromatic rings. The number of sulfonamides is 1. The summed E-state index contributed by atoms with van der Waals surface area (Å²) in [6, 6.07) is 14.9. The SMILES string of the molecule is Cc1cc(I)cc(C)c1Oc1nc(-c2cc(F)cc(OCC(C)C)c2)ccc1C(=O)NS(=O)(=O)c1cccc(N)n1. The van der Waals surface area contributed by atoms with Gasteiger partial charge in [0.1, 0.15) is 28.7 Å². The molecule has 2 aromatic heterocycles. The van der Waals surface area contributed by atoms with E-state index in [1.807, 2.05) is 44.5 Å². The number of ether oxygens (including phenoxy) is 2.